The molecule has 4 rings (SSSR count). The number of nitrogens with zero attached hydrogens (tertiary/aromatic N) is 3. The number of fused-ring (bicyclic) bond motifs is 1. The Bertz CT molecular complexity index is 717. The van der Waals surface area contributed by atoms with Crippen LogP contribution in [-0.2, 0) is 4.74 Å². The topological polar surface area (TPSA) is 38.2 Å². The van der Waals surface area contributed by atoms with Crippen molar-refractivity contribution in [1.82, 2.24) is 9.97 Å². The molecule has 20 heavy (non-hydrogen) atoms. The molecule has 0 N–H and O–H groups in total. The van der Waals surface area contributed by atoms with Gasteiger partial charge in [-0.25, -0.2) is 9.97 Å². The van der Waals surface area contributed by atoms with E-state index in [0.29, 0.717) is 0 Å². The summed E-state index contributed by atoms with van der Waals surface area (Å²) in [6.07, 6.45) is 1.67. The molecule has 0 unspecified atom stereocenters. The van der Waals surface area contributed by atoms with E-state index in [4.69, 9.17) is 4.74 Å². The van der Waals surface area contributed by atoms with Crippen LogP contribution in [0.25, 0.3) is 20.7 Å². The van der Waals surface area contributed by atoms with E-state index >= 15 is 0 Å². The van der Waals surface area contributed by atoms with E-state index in [0.717, 1.165) is 37.0 Å². The second-order valence-electron chi connectivity index (χ2n) is 4.60. The fraction of sp³-hybridized carbons (Fsp3) is 0.286. The van der Waals surface area contributed by atoms with Gasteiger partial charge in [-0.2, -0.15) is 0 Å². The van der Waals surface area contributed by atoms with E-state index < -0.39 is 0 Å². The first-order valence-electron chi connectivity index (χ1n) is 6.52. The summed E-state index contributed by atoms with van der Waals surface area (Å²) in [6, 6.07) is 4.24. The van der Waals surface area contributed by atoms with Crippen LogP contribution in [-0.4, -0.2) is 36.3 Å². The monoisotopic (exact) mass is 303 g/mol. The highest BCUT2D eigenvalue weighted by molar-refractivity contribution is 7.18. The number of hydrogen-bond donors (Lipinski definition) is 0. The Kier molecular flexibility index (Phi) is 3.14. The minimum absolute atomic E-state index is 0.768. The molecule has 4 nitrogen and oxygen atoms in total. The molecule has 1 aliphatic heterocycles. The van der Waals surface area contributed by atoms with Crippen molar-refractivity contribution >= 4 is 38.7 Å². The van der Waals surface area contributed by atoms with Crippen LogP contribution < -0.4 is 4.90 Å². The Labute approximate surface area is 124 Å². The molecule has 0 saturated carbocycles. The van der Waals surface area contributed by atoms with Crippen molar-refractivity contribution in [2.75, 3.05) is 31.2 Å². The molecule has 1 saturated heterocycles. The highest BCUT2D eigenvalue weighted by Crippen LogP contribution is 2.39. The molecule has 0 radical (unpaired) electrons. The Morgan fingerprint density at radius 2 is 2.05 bits per heavy atom. The standard InChI is InChI=1S/C14H13N3OS2/c1-2-11(19-7-1)10-8-20-14-12(10)13(15-9-16-14)17-3-5-18-6-4-17/h1-2,7-9H,3-6H2. The highest BCUT2D eigenvalue weighted by atomic mass is 32.1. The fourth-order valence-electron chi connectivity index (χ4n) is 2.49. The molecular weight excluding hydrogens is 290 g/mol. The van der Waals surface area contributed by atoms with Crippen LogP contribution in [0, 0.1) is 0 Å². The smallest absolute Gasteiger partial charge is 0.141 e. The summed E-state index contributed by atoms with van der Waals surface area (Å²) in [4.78, 5) is 13.6. The molecule has 0 aromatic carbocycles. The van der Waals surface area contributed by atoms with Gasteiger partial charge in [-0.15, -0.1) is 22.7 Å². The maximum atomic E-state index is 5.44. The summed E-state index contributed by atoms with van der Waals surface area (Å²) < 4.78 is 5.44. The van der Waals surface area contributed by atoms with Gasteiger partial charge in [0.1, 0.15) is 17.0 Å². The van der Waals surface area contributed by atoms with Crippen LogP contribution >= 0.6 is 22.7 Å². The third-order valence-corrected chi connectivity index (χ3v) is 5.24. The lowest BCUT2D eigenvalue weighted by atomic mass is 10.2. The summed E-state index contributed by atoms with van der Waals surface area (Å²) in [7, 11) is 0. The Balaban J connectivity index is 1.89. The molecule has 1 fully saturated rings. The highest BCUT2D eigenvalue weighted by Gasteiger charge is 2.19. The molecule has 102 valence electrons. The van der Waals surface area contributed by atoms with Gasteiger partial charge in [0.25, 0.3) is 0 Å². The average molecular weight is 303 g/mol. The first kappa shape index (κ1) is 12.3. The van der Waals surface area contributed by atoms with Gasteiger partial charge < -0.3 is 9.64 Å². The zero-order valence-corrected chi connectivity index (χ0v) is 12.4. The van der Waals surface area contributed by atoms with Crippen LogP contribution in [0.3, 0.4) is 0 Å². The van der Waals surface area contributed by atoms with Gasteiger partial charge in [-0.3, -0.25) is 0 Å². The minimum atomic E-state index is 0.768. The van der Waals surface area contributed by atoms with E-state index in [1.807, 2.05) is 0 Å². The Morgan fingerprint density at radius 1 is 1.15 bits per heavy atom. The largest absolute Gasteiger partial charge is 0.378 e. The van der Waals surface area contributed by atoms with Gasteiger partial charge in [0.05, 0.1) is 18.6 Å². The maximum Gasteiger partial charge on any atom is 0.141 e. The first-order valence-corrected chi connectivity index (χ1v) is 8.28. The lowest BCUT2D eigenvalue weighted by molar-refractivity contribution is 0.122. The lowest BCUT2D eigenvalue weighted by Gasteiger charge is -2.28. The lowest BCUT2D eigenvalue weighted by Crippen LogP contribution is -2.36. The zero-order chi connectivity index (χ0) is 13.4. The van der Waals surface area contributed by atoms with E-state index in [1.165, 1.54) is 15.8 Å². The number of hydrogen-bond acceptors (Lipinski definition) is 6. The third-order valence-electron chi connectivity index (χ3n) is 3.45. The van der Waals surface area contributed by atoms with Crippen molar-refractivity contribution in [3.05, 3.63) is 29.2 Å². The zero-order valence-electron chi connectivity index (χ0n) is 10.8. The van der Waals surface area contributed by atoms with Crippen LogP contribution in [0.5, 0.6) is 0 Å². The molecule has 3 aromatic heterocycles. The van der Waals surface area contributed by atoms with Gasteiger partial charge >= 0.3 is 0 Å². The van der Waals surface area contributed by atoms with Gasteiger partial charge in [0, 0.05) is 28.9 Å². The van der Waals surface area contributed by atoms with E-state index in [2.05, 4.69) is 37.8 Å². The van der Waals surface area contributed by atoms with Crippen molar-refractivity contribution in [3.8, 4) is 10.4 Å². The summed E-state index contributed by atoms with van der Waals surface area (Å²) in [5.74, 6) is 1.04. The van der Waals surface area contributed by atoms with E-state index in [1.54, 1.807) is 29.0 Å². The third kappa shape index (κ3) is 2.00. The predicted octanol–water partition coefficient (Wildman–Crippen LogP) is 3.26. The van der Waals surface area contributed by atoms with Crippen LogP contribution in [0.15, 0.2) is 29.2 Å². The summed E-state index contributed by atoms with van der Waals surface area (Å²) in [5, 5.41) is 5.48. The molecule has 6 heteroatoms. The van der Waals surface area contributed by atoms with Crippen molar-refractivity contribution in [2.45, 2.75) is 0 Å². The number of rotatable bonds is 2. The number of morpholine rings is 1. The number of anilines is 1. The second-order valence-corrected chi connectivity index (χ2v) is 6.41. The molecule has 0 aliphatic carbocycles. The van der Waals surface area contributed by atoms with Crippen molar-refractivity contribution in [3.63, 3.8) is 0 Å². The number of thiophene rings is 2. The van der Waals surface area contributed by atoms with Gasteiger partial charge in [0.2, 0.25) is 0 Å². The van der Waals surface area contributed by atoms with Gasteiger partial charge in [-0.05, 0) is 11.4 Å². The quantitative estimate of drug-likeness (QED) is 0.728. The normalized spacial score (nSPS) is 15.9. The molecule has 0 spiro atoms. The molecular formula is C14H13N3OS2. The predicted molar refractivity (Wildman–Crippen MR) is 83.8 cm³/mol. The molecule has 3 aromatic rings. The summed E-state index contributed by atoms with van der Waals surface area (Å²) >= 11 is 3.45. The van der Waals surface area contributed by atoms with Crippen molar-refractivity contribution in [1.29, 1.82) is 0 Å². The molecule has 0 bridgehead atoms. The van der Waals surface area contributed by atoms with Crippen molar-refractivity contribution in [2.24, 2.45) is 0 Å². The van der Waals surface area contributed by atoms with E-state index in [-0.39, 0.29) is 0 Å². The molecule has 0 amide bonds. The summed E-state index contributed by atoms with van der Waals surface area (Å²) in [6.45, 7) is 3.33. The van der Waals surface area contributed by atoms with Crippen LogP contribution in [0.4, 0.5) is 5.82 Å². The van der Waals surface area contributed by atoms with Gasteiger partial charge in [0.15, 0.2) is 0 Å². The fourth-order valence-corrected chi connectivity index (χ4v) is 4.21. The van der Waals surface area contributed by atoms with Gasteiger partial charge in [-0.1, -0.05) is 6.07 Å². The molecule has 0 atom stereocenters. The Morgan fingerprint density at radius 3 is 2.85 bits per heavy atom. The minimum Gasteiger partial charge on any atom is -0.378 e. The van der Waals surface area contributed by atoms with Crippen LogP contribution in [0.1, 0.15) is 0 Å². The SMILES string of the molecule is c1csc(-c2csc3ncnc(N4CCOCC4)c23)c1. The summed E-state index contributed by atoms with van der Waals surface area (Å²) in [5.41, 5.74) is 1.25. The molecule has 4 heterocycles. The van der Waals surface area contributed by atoms with Crippen LogP contribution in [0.2, 0.25) is 0 Å². The van der Waals surface area contributed by atoms with E-state index in [9.17, 15) is 0 Å². The second kappa shape index (κ2) is 5.12. The molecule has 1 aliphatic rings. The first-order chi connectivity index (χ1) is 9.93. The average Bonchev–Trinajstić information content (AvgIpc) is 3.16. The van der Waals surface area contributed by atoms with Crippen molar-refractivity contribution < 1.29 is 4.74 Å². The number of aromatic nitrogens is 2. The Hall–Kier alpha value is -1.50. The maximum absolute atomic E-state index is 5.44. The number of ether oxygens (including phenoxy) is 1.